The number of carbonyl (C=O) groups excluding carboxylic acids is 1. The molecule has 1 aliphatic rings. The van der Waals surface area contributed by atoms with Gasteiger partial charge in [-0.3, -0.25) is 4.79 Å². The van der Waals surface area contributed by atoms with Crippen LogP contribution in [0.25, 0.3) is 0 Å². The van der Waals surface area contributed by atoms with Gasteiger partial charge >= 0.3 is 0 Å². The van der Waals surface area contributed by atoms with Gasteiger partial charge in [0.2, 0.25) is 5.91 Å². The monoisotopic (exact) mass is 275 g/mol. The third-order valence-electron chi connectivity index (χ3n) is 3.78. The van der Waals surface area contributed by atoms with Crippen LogP contribution >= 0.6 is 0 Å². The van der Waals surface area contributed by atoms with Crippen LogP contribution in [-0.4, -0.2) is 23.4 Å². The summed E-state index contributed by atoms with van der Waals surface area (Å²) in [6, 6.07) is 5.73. The van der Waals surface area contributed by atoms with E-state index in [0.29, 0.717) is 13.0 Å². The van der Waals surface area contributed by atoms with E-state index in [1.54, 1.807) is 11.0 Å². The van der Waals surface area contributed by atoms with E-state index in [-0.39, 0.29) is 23.6 Å². The van der Waals surface area contributed by atoms with Crippen molar-refractivity contribution >= 4 is 5.91 Å². The maximum Gasteiger partial charge on any atom is 0.223 e. The Hall–Kier alpha value is -1.93. The number of likely N-dealkylation sites (tertiary alicyclic amines) is 1. The molecule has 106 valence electrons. The zero-order valence-electron chi connectivity index (χ0n) is 11.5. The Morgan fingerprint density at radius 3 is 2.95 bits per heavy atom. The second-order valence-corrected chi connectivity index (χ2v) is 5.03. The molecule has 2 unspecified atom stereocenters. The molecule has 0 aromatic heterocycles. The maximum atomic E-state index is 13.4. The van der Waals surface area contributed by atoms with Gasteiger partial charge in [0.1, 0.15) is 11.9 Å². The molecule has 0 spiro atoms. The minimum absolute atomic E-state index is 0.0116. The molecule has 2 N–H and O–H groups in total. The molecule has 0 radical (unpaired) electrons. The number of nitriles is 1. The van der Waals surface area contributed by atoms with E-state index in [1.807, 2.05) is 13.0 Å². The molecule has 1 saturated heterocycles. The number of hydrogen-bond donors (Lipinski definition) is 1. The fraction of sp³-hybridized carbons (Fsp3) is 0.467. The number of likely N-dealkylation sites (N-methyl/N-ethyl adjacent to an activating group) is 1. The van der Waals surface area contributed by atoms with E-state index in [1.165, 1.54) is 12.1 Å². The first-order valence-corrected chi connectivity index (χ1v) is 6.83. The summed E-state index contributed by atoms with van der Waals surface area (Å²) in [7, 11) is 0. The molecule has 1 amide bonds. The van der Waals surface area contributed by atoms with E-state index < -0.39 is 5.82 Å². The van der Waals surface area contributed by atoms with Gasteiger partial charge in [-0.15, -0.1) is 0 Å². The van der Waals surface area contributed by atoms with E-state index in [9.17, 15) is 9.18 Å². The zero-order valence-corrected chi connectivity index (χ0v) is 11.5. The van der Waals surface area contributed by atoms with Crippen molar-refractivity contribution in [1.29, 1.82) is 5.26 Å². The predicted molar refractivity (Wildman–Crippen MR) is 73.1 cm³/mol. The quantitative estimate of drug-likeness (QED) is 0.898. The largest absolute Gasteiger partial charge is 0.334 e. The average Bonchev–Trinajstić information content (AvgIpc) is 2.58. The molecular formula is C15H18FN3O. The summed E-state index contributed by atoms with van der Waals surface area (Å²) in [5, 5.41) is 8.94. The van der Waals surface area contributed by atoms with Crippen molar-refractivity contribution in [2.75, 3.05) is 6.54 Å². The highest BCUT2D eigenvalue weighted by molar-refractivity contribution is 5.77. The molecule has 0 aliphatic carbocycles. The van der Waals surface area contributed by atoms with Crippen LogP contribution in [0.2, 0.25) is 0 Å². The topological polar surface area (TPSA) is 70.1 Å². The van der Waals surface area contributed by atoms with Gasteiger partial charge in [-0.2, -0.15) is 5.26 Å². The van der Waals surface area contributed by atoms with Gasteiger partial charge in [-0.05, 0) is 37.5 Å². The molecular weight excluding hydrogens is 257 g/mol. The molecule has 0 saturated carbocycles. The second kappa shape index (κ2) is 6.02. The van der Waals surface area contributed by atoms with Crippen LogP contribution in [0.1, 0.15) is 43.4 Å². The molecule has 2 rings (SSSR count). The normalized spacial score (nSPS) is 23.3. The summed E-state index contributed by atoms with van der Waals surface area (Å²) >= 11 is 0. The maximum absolute atomic E-state index is 13.4. The van der Waals surface area contributed by atoms with Crippen molar-refractivity contribution < 1.29 is 9.18 Å². The summed E-state index contributed by atoms with van der Waals surface area (Å²) in [6.45, 7) is 2.45. The highest BCUT2D eigenvalue weighted by Crippen LogP contribution is 2.30. The Labute approximate surface area is 118 Å². The average molecular weight is 275 g/mol. The number of halogens is 1. The fourth-order valence-electron chi connectivity index (χ4n) is 2.79. The first-order chi connectivity index (χ1) is 9.58. The van der Waals surface area contributed by atoms with Crippen molar-refractivity contribution in [3.63, 3.8) is 0 Å². The fourth-order valence-corrected chi connectivity index (χ4v) is 2.79. The number of amides is 1. The van der Waals surface area contributed by atoms with E-state index in [2.05, 4.69) is 0 Å². The van der Waals surface area contributed by atoms with Crippen LogP contribution in [0.5, 0.6) is 0 Å². The summed E-state index contributed by atoms with van der Waals surface area (Å²) < 4.78 is 13.4. The van der Waals surface area contributed by atoms with Crippen molar-refractivity contribution in [2.24, 2.45) is 5.73 Å². The SMILES string of the molecule is CCN1C(=O)CCCC(N)C1c1ccc(F)c(C#N)c1. The van der Waals surface area contributed by atoms with Gasteiger partial charge in [-0.25, -0.2) is 4.39 Å². The number of rotatable bonds is 2. The third-order valence-corrected chi connectivity index (χ3v) is 3.78. The Balaban J connectivity index is 2.45. The summed E-state index contributed by atoms with van der Waals surface area (Å²) in [4.78, 5) is 13.9. The summed E-state index contributed by atoms with van der Waals surface area (Å²) in [5.41, 5.74) is 6.92. The Morgan fingerprint density at radius 1 is 1.55 bits per heavy atom. The van der Waals surface area contributed by atoms with Gasteiger partial charge in [0, 0.05) is 19.0 Å². The first kappa shape index (κ1) is 14.5. The Morgan fingerprint density at radius 2 is 2.30 bits per heavy atom. The molecule has 1 aliphatic heterocycles. The Kier molecular flexibility index (Phi) is 4.35. The minimum atomic E-state index is -0.548. The van der Waals surface area contributed by atoms with Crippen molar-refractivity contribution in [1.82, 2.24) is 4.90 Å². The van der Waals surface area contributed by atoms with Gasteiger partial charge in [0.15, 0.2) is 0 Å². The predicted octanol–water partition coefficient (Wildman–Crippen LogP) is 2.10. The third kappa shape index (κ3) is 2.66. The number of nitrogens with two attached hydrogens (primary N) is 1. The molecule has 1 heterocycles. The summed E-state index contributed by atoms with van der Waals surface area (Å²) in [6.07, 6.45) is 2.00. The van der Waals surface area contributed by atoms with Gasteiger partial charge < -0.3 is 10.6 Å². The standard InChI is InChI=1S/C15H18FN3O/c1-2-19-14(20)5-3-4-13(18)15(19)10-6-7-12(16)11(8-10)9-17/h6-8,13,15H,2-5,18H2,1H3. The molecule has 1 aromatic rings. The summed E-state index contributed by atoms with van der Waals surface area (Å²) in [5.74, 6) is -0.485. The first-order valence-electron chi connectivity index (χ1n) is 6.83. The molecule has 0 bridgehead atoms. The number of nitrogens with zero attached hydrogens (tertiary/aromatic N) is 2. The minimum Gasteiger partial charge on any atom is -0.334 e. The number of carbonyl (C=O) groups is 1. The molecule has 4 nitrogen and oxygen atoms in total. The molecule has 1 aromatic carbocycles. The van der Waals surface area contributed by atoms with E-state index in [4.69, 9.17) is 11.0 Å². The van der Waals surface area contributed by atoms with Gasteiger partial charge in [0.05, 0.1) is 11.6 Å². The van der Waals surface area contributed by atoms with Crippen LogP contribution in [0.4, 0.5) is 4.39 Å². The van der Waals surface area contributed by atoms with Crippen LogP contribution in [0.15, 0.2) is 18.2 Å². The Bertz CT molecular complexity index is 553. The lowest BCUT2D eigenvalue weighted by Gasteiger charge is -2.33. The number of hydrogen-bond acceptors (Lipinski definition) is 3. The van der Waals surface area contributed by atoms with Crippen LogP contribution in [0, 0.1) is 17.1 Å². The van der Waals surface area contributed by atoms with E-state index in [0.717, 1.165) is 18.4 Å². The van der Waals surface area contributed by atoms with Crippen molar-refractivity contribution in [3.8, 4) is 6.07 Å². The van der Waals surface area contributed by atoms with Crippen molar-refractivity contribution in [2.45, 2.75) is 38.3 Å². The molecule has 2 atom stereocenters. The lowest BCUT2D eigenvalue weighted by atomic mass is 9.95. The lowest BCUT2D eigenvalue weighted by Crippen LogP contribution is -2.42. The lowest BCUT2D eigenvalue weighted by molar-refractivity contribution is -0.133. The van der Waals surface area contributed by atoms with Crippen LogP contribution in [-0.2, 0) is 4.79 Å². The zero-order chi connectivity index (χ0) is 14.7. The highest BCUT2D eigenvalue weighted by Gasteiger charge is 2.32. The van der Waals surface area contributed by atoms with Crippen molar-refractivity contribution in [3.05, 3.63) is 35.1 Å². The van der Waals surface area contributed by atoms with E-state index >= 15 is 0 Å². The second-order valence-electron chi connectivity index (χ2n) is 5.03. The van der Waals surface area contributed by atoms with Crippen LogP contribution in [0.3, 0.4) is 0 Å². The molecule has 5 heteroatoms. The number of benzene rings is 1. The molecule has 1 fully saturated rings. The molecule has 20 heavy (non-hydrogen) atoms. The van der Waals surface area contributed by atoms with Gasteiger partial charge in [0.25, 0.3) is 0 Å². The van der Waals surface area contributed by atoms with Crippen LogP contribution < -0.4 is 5.73 Å². The smallest absolute Gasteiger partial charge is 0.223 e. The highest BCUT2D eigenvalue weighted by atomic mass is 19.1. The van der Waals surface area contributed by atoms with Gasteiger partial charge in [-0.1, -0.05) is 6.07 Å².